The average molecular weight is 376 g/mol. The Morgan fingerprint density at radius 2 is 1.73 bits per heavy atom. The van der Waals surface area contributed by atoms with Gasteiger partial charge in [0.2, 0.25) is 15.9 Å². The predicted octanol–water partition coefficient (Wildman–Crippen LogP) is 3.05. The lowest BCUT2D eigenvalue weighted by Gasteiger charge is -2.26. The van der Waals surface area contributed by atoms with Crippen LogP contribution in [0.2, 0.25) is 0 Å². The Balaban J connectivity index is 2.09. The van der Waals surface area contributed by atoms with Crippen LogP contribution in [-0.2, 0) is 14.8 Å². The lowest BCUT2D eigenvalue weighted by atomic mass is 10.1. The van der Waals surface area contributed by atoms with Crippen molar-refractivity contribution in [1.29, 1.82) is 0 Å². The average Bonchev–Trinajstić information content (AvgIpc) is 2.61. The van der Waals surface area contributed by atoms with Crippen LogP contribution in [0, 0.1) is 0 Å². The van der Waals surface area contributed by atoms with Crippen molar-refractivity contribution in [3.63, 3.8) is 0 Å². The summed E-state index contributed by atoms with van der Waals surface area (Å²) in [5.41, 5.74) is 1.41. The maximum atomic E-state index is 12.4. The van der Waals surface area contributed by atoms with Crippen molar-refractivity contribution in [2.24, 2.45) is 0 Å². The predicted molar refractivity (Wildman–Crippen MR) is 103 cm³/mol. The molecule has 2 aromatic carbocycles. The Hall–Kier alpha value is -2.38. The molecule has 0 aliphatic rings. The smallest absolute Gasteiger partial charge is 0.239 e. The number of rotatable bonds is 8. The topological polar surface area (TPSA) is 75.7 Å². The second-order valence-electron chi connectivity index (χ2n) is 5.90. The number of carbonyl (C=O) groups excluding carboxylic acids is 1. The number of hydrogen-bond donors (Lipinski definition) is 1. The SMILES string of the molecule is CCOc1ccc(NC(=O)CN(C(C)c2ccccc2)S(C)(=O)=O)cc1. The first-order chi connectivity index (χ1) is 12.3. The van der Waals surface area contributed by atoms with Crippen molar-refractivity contribution in [2.45, 2.75) is 19.9 Å². The van der Waals surface area contributed by atoms with Crippen LogP contribution in [0.1, 0.15) is 25.5 Å². The van der Waals surface area contributed by atoms with Crippen molar-refractivity contribution in [1.82, 2.24) is 4.31 Å². The van der Waals surface area contributed by atoms with Crippen LogP contribution in [0.3, 0.4) is 0 Å². The van der Waals surface area contributed by atoms with Gasteiger partial charge in [-0.05, 0) is 43.7 Å². The van der Waals surface area contributed by atoms with Crippen molar-refractivity contribution >= 4 is 21.6 Å². The zero-order valence-corrected chi connectivity index (χ0v) is 16.0. The van der Waals surface area contributed by atoms with E-state index in [-0.39, 0.29) is 6.54 Å². The maximum absolute atomic E-state index is 12.4. The minimum Gasteiger partial charge on any atom is -0.494 e. The van der Waals surface area contributed by atoms with Gasteiger partial charge in [0.05, 0.1) is 19.4 Å². The number of amides is 1. The second kappa shape index (κ2) is 8.82. The molecule has 0 saturated carbocycles. The molecule has 2 aromatic rings. The first-order valence-electron chi connectivity index (χ1n) is 8.35. The molecule has 0 heterocycles. The molecule has 1 amide bonds. The van der Waals surface area contributed by atoms with Gasteiger partial charge in [-0.15, -0.1) is 0 Å². The standard InChI is InChI=1S/C19H24N2O4S/c1-4-25-18-12-10-17(11-13-18)20-19(22)14-21(26(3,23)24)15(2)16-8-6-5-7-9-16/h5-13,15H,4,14H2,1-3H3,(H,20,22). The fourth-order valence-corrected chi connectivity index (χ4v) is 3.63. The molecule has 1 unspecified atom stereocenters. The number of nitrogens with one attached hydrogen (secondary N) is 1. The molecule has 7 heteroatoms. The third-order valence-electron chi connectivity index (χ3n) is 3.89. The zero-order valence-electron chi connectivity index (χ0n) is 15.2. The normalized spacial score (nSPS) is 12.6. The number of ether oxygens (including phenoxy) is 1. The highest BCUT2D eigenvalue weighted by Gasteiger charge is 2.26. The van der Waals surface area contributed by atoms with Gasteiger partial charge in [0.15, 0.2) is 0 Å². The van der Waals surface area contributed by atoms with Crippen LogP contribution in [0.25, 0.3) is 0 Å². The lowest BCUT2D eigenvalue weighted by Crippen LogP contribution is -2.39. The van der Waals surface area contributed by atoms with Crippen LogP contribution >= 0.6 is 0 Å². The number of sulfonamides is 1. The molecule has 0 bridgehead atoms. The van der Waals surface area contributed by atoms with Gasteiger partial charge in [-0.1, -0.05) is 30.3 Å². The van der Waals surface area contributed by atoms with Crippen LogP contribution in [0.5, 0.6) is 5.75 Å². The van der Waals surface area contributed by atoms with E-state index >= 15 is 0 Å². The Bertz CT molecular complexity index is 820. The van der Waals surface area contributed by atoms with Crippen LogP contribution in [-0.4, -0.2) is 38.0 Å². The Labute approximate surface area is 154 Å². The van der Waals surface area contributed by atoms with Crippen molar-refractivity contribution < 1.29 is 17.9 Å². The van der Waals surface area contributed by atoms with Gasteiger partial charge in [-0.25, -0.2) is 8.42 Å². The molecule has 2 rings (SSSR count). The molecule has 0 aromatic heterocycles. The fourth-order valence-electron chi connectivity index (χ4n) is 2.58. The lowest BCUT2D eigenvalue weighted by molar-refractivity contribution is -0.116. The van der Waals surface area contributed by atoms with Gasteiger partial charge in [0.25, 0.3) is 0 Å². The van der Waals surface area contributed by atoms with E-state index in [4.69, 9.17) is 4.74 Å². The molecular weight excluding hydrogens is 352 g/mol. The molecule has 0 fully saturated rings. The van der Waals surface area contributed by atoms with Gasteiger partial charge in [0.1, 0.15) is 5.75 Å². The van der Waals surface area contributed by atoms with Gasteiger partial charge in [-0.2, -0.15) is 4.31 Å². The molecule has 26 heavy (non-hydrogen) atoms. The van der Waals surface area contributed by atoms with E-state index in [0.717, 1.165) is 11.8 Å². The van der Waals surface area contributed by atoms with Crippen molar-refractivity contribution in [2.75, 3.05) is 24.7 Å². The number of benzene rings is 2. The first-order valence-corrected chi connectivity index (χ1v) is 10.2. The molecule has 0 spiro atoms. The summed E-state index contributed by atoms with van der Waals surface area (Å²) in [4.78, 5) is 12.4. The number of carbonyl (C=O) groups is 1. The summed E-state index contributed by atoms with van der Waals surface area (Å²) in [5.74, 6) is 0.309. The summed E-state index contributed by atoms with van der Waals surface area (Å²) >= 11 is 0. The highest BCUT2D eigenvalue weighted by molar-refractivity contribution is 7.88. The molecule has 0 aliphatic carbocycles. The van der Waals surface area contributed by atoms with Crippen LogP contribution in [0.4, 0.5) is 5.69 Å². The van der Waals surface area contributed by atoms with E-state index < -0.39 is 22.0 Å². The van der Waals surface area contributed by atoms with Crippen LogP contribution < -0.4 is 10.1 Å². The van der Waals surface area contributed by atoms with Crippen molar-refractivity contribution in [3.8, 4) is 5.75 Å². The second-order valence-corrected chi connectivity index (χ2v) is 7.84. The molecule has 6 nitrogen and oxygen atoms in total. The van der Waals surface area contributed by atoms with Gasteiger partial charge < -0.3 is 10.1 Å². The van der Waals surface area contributed by atoms with E-state index in [0.29, 0.717) is 18.0 Å². The van der Waals surface area contributed by atoms with E-state index in [1.54, 1.807) is 31.2 Å². The third-order valence-corrected chi connectivity index (χ3v) is 5.19. The molecule has 0 saturated heterocycles. The molecule has 1 atom stereocenters. The van der Waals surface area contributed by atoms with Gasteiger partial charge >= 0.3 is 0 Å². The quantitative estimate of drug-likeness (QED) is 0.768. The molecule has 1 N–H and O–H groups in total. The monoisotopic (exact) mass is 376 g/mol. The summed E-state index contributed by atoms with van der Waals surface area (Å²) in [6.07, 6.45) is 1.11. The number of nitrogens with zero attached hydrogens (tertiary/aromatic N) is 1. The summed E-state index contributed by atoms with van der Waals surface area (Å²) in [6.45, 7) is 3.96. The highest BCUT2D eigenvalue weighted by Crippen LogP contribution is 2.22. The maximum Gasteiger partial charge on any atom is 0.239 e. The summed E-state index contributed by atoms with van der Waals surface area (Å²) in [6, 6.07) is 15.7. The number of anilines is 1. The van der Waals surface area contributed by atoms with Gasteiger partial charge in [-0.3, -0.25) is 4.79 Å². The van der Waals surface area contributed by atoms with E-state index in [1.807, 2.05) is 37.3 Å². The Morgan fingerprint density at radius 3 is 2.27 bits per heavy atom. The molecule has 140 valence electrons. The molecule has 0 radical (unpaired) electrons. The summed E-state index contributed by atoms with van der Waals surface area (Å²) in [5, 5.41) is 2.72. The summed E-state index contributed by atoms with van der Waals surface area (Å²) in [7, 11) is -3.56. The minimum absolute atomic E-state index is 0.262. The molecule has 0 aliphatic heterocycles. The first kappa shape index (κ1) is 19.9. The Kier molecular flexibility index (Phi) is 6.76. The zero-order chi connectivity index (χ0) is 19.2. The van der Waals surface area contributed by atoms with E-state index in [2.05, 4.69) is 5.32 Å². The Morgan fingerprint density at radius 1 is 1.12 bits per heavy atom. The van der Waals surface area contributed by atoms with E-state index in [1.165, 1.54) is 4.31 Å². The number of hydrogen-bond acceptors (Lipinski definition) is 4. The largest absolute Gasteiger partial charge is 0.494 e. The summed E-state index contributed by atoms with van der Waals surface area (Å²) < 4.78 is 30.9. The molecular formula is C19H24N2O4S. The van der Waals surface area contributed by atoms with Gasteiger partial charge in [0, 0.05) is 11.7 Å². The minimum atomic E-state index is -3.56. The third kappa shape index (κ3) is 5.57. The van der Waals surface area contributed by atoms with Crippen molar-refractivity contribution in [3.05, 3.63) is 60.2 Å². The highest BCUT2D eigenvalue weighted by atomic mass is 32.2. The fraction of sp³-hybridized carbons (Fsp3) is 0.316. The van der Waals surface area contributed by atoms with E-state index in [9.17, 15) is 13.2 Å². The van der Waals surface area contributed by atoms with Crippen LogP contribution in [0.15, 0.2) is 54.6 Å².